The summed E-state index contributed by atoms with van der Waals surface area (Å²) in [5.41, 5.74) is 0. The second-order valence-corrected chi connectivity index (χ2v) is 5.34. The molecule has 0 saturated heterocycles. The van der Waals surface area contributed by atoms with Gasteiger partial charge in [0.25, 0.3) is 0 Å². The van der Waals surface area contributed by atoms with Gasteiger partial charge in [-0.25, -0.2) is 0 Å². The van der Waals surface area contributed by atoms with Crippen LogP contribution in [0.3, 0.4) is 0 Å². The molecule has 0 radical (unpaired) electrons. The van der Waals surface area contributed by atoms with Crippen LogP contribution in [0.2, 0.25) is 0 Å². The van der Waals surface area contributed by atoms with E-state index in [-0.39, 0.29) is 12.2 Å². The molecule has 0 amide bonds. The van der Waals surface area contributed by atoms with Gasteiger partial charge in [0.05, 0.1) is 6.26 Å². The maximum atomic E-state index is 11.0. The van der Waals surface area contributed by atoms with Crippen molar-refractivity contribution < 1.29 is 26.9 Å². The van der Waals surface area contributed by atoms with Crippen molar-refractivity contribution >= 4 is 16.1 Å². The number of esters is 1. The molecule has 18 heavy (non-hydrogen) atoms. The molecule has 0 aromatic heterocycles. The zero-order valence-corrected chi connectivity index (χ0v) is 11.3. The highest BCUT2D eigenvalue weighted by Crippen LogP contribution is 2.27. The van der Waals surface area contributed by atoms with Crippen LogP contribution < -0.4 is 0 Å². The lowest BCUT2D eigenvalue weighted by Gasteiger charge is -2.30. The van der Waals surface area contributed by atoms with E-state index in [1.807, 2.05) is 0 Å². The van der Waals surface area contributed by atoms with Crippen LogP contribution in [0.25, 0.3) is 0 Å². The fourth-order valence-electron chi connectivity index (χ4n) is 1.52. The standard InChI is InChI=1S/C11H16O6S/c1-4-15-11(16-9(2)12)7-5-10(6-8-11)17-18(3,13)14/h5-7H,4,8H2,1-3H3. The zero-order chi connectivity index (χ0) is 13.8. The molecule has 0 N–H and O–H groups in total. The first kappa shape index (κ1) is 14.7. The number of hydrogen-bond acceptors (Lipinski definition) is 6. The van der Waals surface area contributed by atoms with E-state index in [0.29, 0.717) is 6.61 Å². The first-order valence-corrected chi connectivity index (χ1v) is 7.20. The molecule has 102 valence electrons. The second-order valence-electron chi connectivity index (χ2n) is 3.77. The Bertz CT molecular complexity index is 476. The van der Waals surface area contributed by atoms with Gasteiger partial charge >= 0.3 is 16.1 Å². The molecule has 7 heteroatoms. The van der Waals surface area contributed by atoms with Gasteiger partial charge in [-0.2, -0.15) is 8.42 Å². The van der Waals surface area contributed by atoms with Crippen LogP contribution in [-0.4, -0.2) is 33.0 Å². The SMILES string of the molecule is CCOC1(OC(C)=O)C=CC(OS(C)(=O)=O)=CC1. The van der Waals surface area contributed by atoms with Gasteiger partial charge in [-0.05, 0) is 25.2 Å². The van der Waals surface area contributed by atoms with Crippen LogP contribution in [0.4, 0.5) is 0 Å². The minimum atomic E-state index is -3.56. The van der Waals surface area contributed by atoms with Gasteiger partial charge in [-0.15, -0.1) is 0 Å². The van der Waals surface area contributed by atoms with E-state index in [1.54, 1.807) is 6.92 Å². The Labute approximate surface area is 106 Å². The lowest BCUT2D eigenvalue weighted by Crippen LogP contribution is -2.36. The summed E-state index contributed by atoms with van der Waals surface area (Å²) in [6.45, 7) is 3.40. The van der Waals surface area contributed by atoms with Crippen LogP contribution in [-0.2, 0) is 28.6 Å². The van der Waals surface area contributed by atoms with Crippen molar-refractivity contribution in [1.29, 1.82) is 0 Å². The summed E-state index contributed by atoms with van der Waals surface area (Å²) in [4.78, 5) is 11.0. The van der Waals surface area contributed by atoms with Gasteiger partial charge in [0.15, 0.2) is 0 Å². The molecule has 6 nitrogen and oxygen atoms in total. The molecule has 0 spiro atoms. The van der Waals surface area contributed by atoms with Gasteiger partial charge in [0.1, 0.15) is 5.76 Å². The highest BCUT2D eigenvalue weighted by atomic mass is 32.2. The summed E-state index contributed by atoms with van der Waals surface area (Å²) >= 11 is 0. The molecule has 0 bridgehead atoms. The Morgan fingerprint density at radius 1 is 1.50 bits per heavy atom. The third-order valence-electron chi connectivity index (χ3n) is 2.04. The van der Waals surface area contributed by atoms with E-state index in [4.69, 9.17) is 13.7 Å². The van der Waals surface area contributed by atoms with Crippen LogP contribution in [0.15, 0.2) is 24.0 Å². The van der Waals surface area contributed by atoms with Crippen LogP contribution in [0.1, 0.15) is 20.3 Å². The maximum Gasteiger partial charge on any atom is 0.306 e. The minimum Gasteiger partial charge on any atom is -0.429 e. The minimum absolute atomic E-state index is 0.181. The Balaban J connectivity index is 2.80. The zero-order valence-electron chi connectivity index (χ0n) is 10.5. The van der Waals surface area contributed by atoms with Crippen molar-refractivity contribution in [3.8, 4) is 0 Å². The second kappa shape index (κ2) is 5.53. The molecule has 0 aromatic carbocycles. The largest absolute Gasteiger partial charge is 0.429 e. The van der Waals surface area contributed by atoms with E-state index >= 15 is 0 Å². The predicted octanol–water partition coefficient (Wildman–Crippen LogP) is 1.10. The van der Waals surface area contributed by atoms with Crippen molar-refractivity contribution in [2.75, 3.05) is 12.9 Å². The average Bonchev–Trinajstić information content (AvgIpc) is 2.19. The average molecular weight is 276 g/mol. The Morgan fingerprint density at radius 2 is 2.17 bits per heavy atom. The predicted molar refractivity (Wildman–Crippen MR) is 63.9 cm³/mol. The van der Waals surface area contributed by atoms with Gasteiger partial charge in [0.2, 0.25) is 5.79 Å². The highest BCUT2D eigenvalue weighted by molar-refractivity contribution is 7.86. The normalized spacial score (nSPS) is 23.4. The van der Waals surface area contributed by atoms with Gasteiger partial charge < -0.3 is 13.7 Å². The monoisotopic (exact) mass is 276 g/mol. The molecule has 0 heterocycles. The van der Waals surface area contributed by atoms with Crippen molar-refractivity contribution in [1.82, 2.24) is 0 Å². The Hall–Kier alpha value is -1.34. The van der Waals surface area contributed by atoms with E-state index in [0.717, 1.165) is 6.26 Å². The van der Waals surface area contributed by atoms with Gasteiger partial charge in [-0.3, -0.25) is 4.79 Å². The smallest absolute Gasteiger partial charge is 0.306 e. The molecule has 0 aromatic rings. The summed E-state index contributed by atoms with van der Waals surface area (Å²) < 4.78 is 37.1. The maximum absolute atomic E-state index is 11.0. The highest BCUT2D eigenvalue weighted by Gasteiger charge is 2.33. The summed E-state index contributed by atoms with van der Waals surface area (Å²) in [5.74, 6) is -1.47. The Morgan fingerprint density at radius 3 is 2.56 bits per heavy atom. The first-order valence-electron chi connectivity index (χ1n) is 5.39. The number of carbonyl (C=O) groups is 1. The molecule has 1 rings (SSSR count). The van der Waals surface area contributed by atoms with E-state index in [9.17, 15) is 13.2 Å². The summed E-state index contributed by atoms with van der Waals surface area (Å²) in [7, 11) is -3.56. The quantitative estimate of drug-likeness (QED) is 0.425. The van der Waals surface area contributed by atoms with Gasteiger partial charge in [0, 0.05) is 20.0 Å². The lowest BCUT2D eigenvalue weighted by atomic mass is 10.1. The fourth-order valence-corrected chi connectivity index (χ4v) is 2.00. The third-order valence-corrected chi connectivity index (χ3v) is 2.54. The van der Waals surface area contributed by atoms with E-state index in [2.05, 4.69) is 0 Å². The Kier molecular flexibility index (Phi) is 4.53. The number of ether oxygens (including phenoxy) is 2. The molecule has 0 saturated carbocycles. The number of carbonyl (C=O) groups excluding carboxylic acids is 1. The van der Waals surface area contributed by atoms with Gasteiger partial charge in [-0.1, -0.05) is 0 Å². The number of rotatable bonds is 5. The van der Waals surface area contributed by atoms with Crippen LogP contribution >= 0.6 is 0 Å². The first-order chi connectivity index (χ1) is 8.26. The lowest BCUT2D eigenvalue weighted by molar-refractivity contribution is -0.205. The van der Waals surface area contributed by atoms with Crippen LogP contribution in [0, 0.1) is 0 Å². The molecule has 1 aliphatic carbocycles. The summed E-state index contributed by atoms with van der Waals surface area (Å²) in [6.07, 6.45) is 5.53. The molecular formula is C11H16O6S. The molecule has 1 atom stereocenters. The van der Waals surface area contributed by atoms with Crippen LogP contribution in [0.5, 0.6) is 0 Å². The number of hydrogen-bond donors (Lipinski definition) is 0. The van der Waals surface area contributed by atoms with E-state index < -0.39 is 21.9 Å². The molecule has 0 aliphatic heterocycles. The molecular weight excluding hydrogens is 260 g/mol. The fraction of sp³-hybridized carbons (Fsp3) is 0.545. The number of allylic oxidation sites excluding steroid dienone is 1. The third kappa shape index (κ3) is 4.50. The van der Waals surface area contributed by atoms with Crippen molar-refractivity contribution in [2.45, 2.75) is 26.1 Å². The summed E-state index contributed by atoms with van der Waals surface area (Å²) in [6, 6.07) is 0. The van der Waals surface area contributed by atoms with Crippen molar-refractivity contribution in [2.24, 2.45) is 0 Å². The van der Waals surface area contributed by atoms with Crippen molar-refractivity contribution in [3.63, 3.8) is 0 Å². The van der Waals surface area contributed by atoms with E-state index in [1.165, 1.54) is 25.2 Å². The topological polar surface area (TPSA) is 78.9 Å². The molecule has 0 fully saturated rings. The summed E-state index contributed by atoms with van der Waals surface area (Å²) in [5, 5.41) is 0. The molecule has 1 aliphatic rings. The molecule has 1 unspecified atom stereocenters. The van der Waals surface area contributed by atoms with Crippen molar-refractivity contribution in [3.05, 3.63) is 24.0 Å².